The lowest BCUT2D eigenvalue weighted by atomic mass is 9.91. The van der Waals surface area contributed by atoms with Gasteiger partial charge in [0.15, 0.2) is 0 Å². The maximum absolute atomic E-state index is 5.82. The molecule has 0 atom stereocenters. The van der Waals surface area contributed by atoms with Crippen LogP contribution in [0.15, 0.2) is 24.3 Å². The first kappa shape index (κ1) is 15.5. The summed E-state index contributed by atoms with van der Waals surface area (Å²) in [6.07, 6.45) is 3.48. The van der Waals surface area contributed by atoms with Gasteiger partial charge in [0, 0.05) is 18.0 Å². The molecule has 0 amide bonds. The molecule has 2 aromatic rings. The maximum Gasteiger partial charge on any atom is 0.145 e. The molecule has 2 aliphatic heterocycles. The Bertz CT molecular complexity index is 716. The highest BCUT2D eigenvalue weighted by Gasteiger charge is 2.30. The molecule has 1 N–H and O–H groups in total. The number of likely N-dealkylation sites (tertiary alicyclic amines) is 1. The Morgan fingerprint density at radius 1 is 1.25 bits per heavy atom. The number of benzene rings is 1. The summed E-state index contributed by atoms with van der Waals surface area (Å²) in [5.74, 6) is 2.64. The molecule has 0 saturated carbocycles. The Balaban J connectivity index is 1.74. The van der Waals surface area contributed by atoms with Gasteiger partial charge < -0.3 is 15.0 Å². The minimum atomic E-state index is 0.579. The minimum absolute atomic E-state index is 0.579. The van der Waals surface area contributed by atoms with E-state index in [9.17, 15) is 0 Å². The number of ether oxygens (including phenoxy) is 1. The Hall–Kier alpha value is -2.01. The first-order valence-electron chi connectivity index (χ1n) is 9.04. The third kappa shape index (κ3) is 2.67. The van der Waals surface area contributed by atoms with Crippen molar-refractivity contribution in [2.75, 3.05) is 38.6 Å². The van der Waals surface area contributed by atoms with Gasteiger partial charge in [-0.05, 0) is 58.5 Å². The van der Waals surface area contributed by atoms with Crippen LogP contribution < -0.4 is 10.1 Å². The lowest BCUT2D eigenvalue weighted by Crippen LogP contribution is -2.29. The highest BCUT2D eigenvalue weighted by atomic mass is 16.5. The molecule has 3 heterocycles. The molecular weight excluding hydrogens is 300 g/mol. The highest BCUT2D eigenvalue weighted by molar-refractivity contribution is 5.60. The van der Waals surface area contributed by atoms with Crippen molar-refractivity contribution in [1.29, 1.82) is 0 Å². The fourth-order valence-corrected chi connectivity index (χ4v) is 3.90. The number of piperidine rings is 1. The van der Waals surface area contributed by atoms with E-state index in [1.165, 1.54) is 24.1 Å². The first-order valence-corrected chi connectivity index (χ1v) is 9.04. The number of hydrogen-bond acceptors (Lipinski definition) is 4. The van der Waals surface area contributed by atoms with Gasteiger partial charge in [0.2, 0.25) is 0 Å². The molecule has 24 heavy (non-hydrogen) atoms. The van der Waals surface area contributed by atoms with Crippen LogP contribution in [0.1, 0.15) is 36.9 Å². The van der Waals surface area contributed by atoms with Gasteiger partial charge in [0.1, 0.15) is 17.3 Å². The molecular formula is C19H26N4O. The molecule has 128 valence electrons. The van der Waals surface area contributed by atoms with Crippen LogP contribution in [0.5, 0.6) is 5.75 Å². The van der Waals surface area contributed by atoms with Gasteiger partial charge in [0.05, 0.1) is 12.3 Å². The number of hydrogen-bond donors (Lipinski definition) is 1. The SMILES string of the molecule is CCOc1ccccc1-n1nc(C2CCN(C)CC2)c2c1NCC2. The lowest BCUT2D eigenvalue weighted by Gasteiger charge is -2.28. The van der Waals surface area contributed by atoms with Crippen molar-refractivity contribution in [3.63, 3.8) is 0 Å². The van der Waals surface area contributed by atoms with E-state index in [2.05, 4.69) is 34.1 Å². The molecule has 0 bridgehead atoms. The van der Waals surface area contributed by atoms with E-state index in [0.717, 1.165) is 43.3 Å². The fourth-order valence-electron chi connectivity index (χ4n) is 3.90. The number of fused-ring (bicyclic) bond motifs is 1. The van der Waals surface area contributed by atoms with E-state index in [1.54, 1.807) is 0 Å². The summed E-state index contributed by atoms with van der Waals surface area (Å²) in [5.41, 5.74) is 3.74. The Morgan fingerprint density at radius 3 is 2.83 bits per heavy atom. The Kier molecular flexibility index (Phi) is 4.19. The van der Waals surface area contributed by atoms with Crippen LogP contribution in [-0.2, 0) is 6.42 Å². The predicted molar refractivity (Wildman–Crippen MR) is 96.4 cm³/mol. The Labute approximate surface area is 143 Å². The van der Waals surface area contributed by atoms with Crippen LogP contribution >= 0.6 is 0 Å². The van der Waals surface area contributed by atoms with Gasteiger partial charge in [0.25, 0.3) is 0 Å². The summed E-state index contributed by atoms with van der Waals surface area (Å²) >= 11 is 0. The molecule has 0 spiro atoms. The van der Waals surface area contributed by atoms with Crippen molar-refractivity contribution >= 4 is 5.82 Å². The molecule has 0 aliphatic carbocycles. The molecule has 5 heteroatoms. The molecule has 5 nitrogen and oxygen atoms in total. The molecule has 0 unspecified atom stereocenters. The average Bonchev–Trinajstić information content (AvgIpc) is 3.19. The summed E-state index contributed by atoms with van der Waals surface area (Å²) in [7, 11) is 2.21. The first-order chi connectivity index (χ1) is 11.8. The van der Waals surface area contributed by atoms with Crippen molar-refractivity contribution in [2.24, 2.45) is 0 Å². The third-order valence-electron chi connectivity index (χ3n) is 5.18. The van der Waals surface area contributed by atoms with Gasteiger partial charge in [-0.15, -0.1) is 0 Å². The van der Waals surface area contributed by atoms with Gasteiger partial charge in [-0.25, -0.2) is 4.68 Å². The molecule has 4 rings (SSSR count). The van der Waals surface area contributed by atoms with Crippen molar-refractivity contribution in [2.45, 2.75) is 32.1 Å². The quantitative estimate of drug-likeness (QED) is 0.938. The second kappa shape index (κ2) is 6.48. The monoisotopic (exact) mass is 326 g/mol. The zero-order valence-corrected chi connectivity index (χ0v) is 14.6. The van der Waals surface area contributed by atoms with Crippen LogP contribution in [0, 0.1) is 0 Å². The summed E-state index contributed by atoms with van der Waals surface area (Å²) in [4.78, 5) is 2.41. The van der Waals surface area contributed by atoms with Gasteiger partial charge in [-0.1, -0.05) is 12.1 Å². The number of rotatable bonds is 4. The summed E-state index contributed by atoms with van der Waals surface area (Å²) in [6, 6.07) is 8.19. The van der Waals surface area contributed by atoms with Crippen molar-refractivity contribution in [3.8, 4) is 11.4 Å². The predicted octanol–water partition coefficient (Wildman–Crippen LogP) is 3.05. The molecule has 1 aromatic heterocycles. The molecule has 1 aromatic carbocycles. The van der Waals surface area contributed by atoms with Gasteiger partial charge in [-0.3, -0.25) is 0 Å². The summed E-state index contributed by atoms with van der Waals surface area (Å²) < 4.78 is 7.90. The van der Waals surface area contributed by atoms with Crippen LogP contribution in [0.2, 0.25) is 0 Å². The van der Waals surface area contributed by atoms with E-state index in [0.29, 0.717) is 12.5 Å². The standard InChI is InChI=1S/C19H26N4O/c1-3-24-17-7-5-4-6-16(17)23-19-15(8-11-20-19)18(21-23)14-9-12-22(2)13-10-14/h4-7,14,20H,3,8-13H2,1-2H3. The van der Waals surface area contributed by atoms with E-state index in [1.807, 2.05) is 19.1 Å². The van der Waals surface area contributed by atoms with Crippen LogP contribution in [0.4, 0.5) is 5.82 Å². The van der Waals surface area contributed by atoms with Gasteiger partial charge >= 0.3 is 0 Å². The summed E-state index contributed by atoms with van der Waals surface area (Å²) in [5, 5.41) is 8.59. The lowest BCUT2D eigenvalue weighted by molar-refractivity contribution is 0.252. The smallest absolute Gasteiger partial charge is 0.145 e. The average molecular weight is 326 g/mol. The highest BCUT2D eigenvalue weighted by Crippen LogP contribution is 2.38. The van der Waals surface area contributed by atoms with E-state index < -0.39 is 0 Å². The number of para-hydroxylation sites is 2. The summed E-state index contributed by atoms with van der Waals surface area (Å²) in [6.45, 7) is 6.01. The normalized spacial score (nSPS) is 18.4. The zero-order valence-electron chi connectivity index (χ0n) is 14.6. The maximum atomic E-state index is 5.82. The number of anilines is 1. The van der Waals surface area contributed by atoms with Crippen molar-refractivity contribution in [3.05, 3.63) is 35.5 Å². The van der Waals surface area contributed by atoms with Crippen molar-refractivity contribution in [1.82, 2.24) is 14.7 Å². The molecule has 1 fully saturated rings. The second-order valence-electron chi connectivity index (χ2n) is 6.78. The second-order valence-corrected chi connectivity index (χ2v) is 6.78. The van der Waals surface area contributed by atoms with Gasteiger partial charge in [-0.2, -0.15) is 5.10 Å². The number of nitrogens with one attached hydrogen (secondary N) is 1. The largest absolute Gasteiger partial charge is 0.492 e. The molecule has 0 radical (unpaired) electrons. The van der Waals surface area contributed by atoms with Crippen molar-refractivity contribution < 1.29 is 4.74 Å². The minimum Gasteiger partial charge on any atom is -0.492 e. The van der Waals surface area contributed by atoms with Crippen LogP contribution in [-0.4, -0.2) is 48.0 Å². The molecule has 1 saturated heterocycles. The Morgan fingerprint density at radius 2 is 2.04 bits per heavy atom. The van der Waals surface area contributed by atoms with E-state index in [-0.39, 0.29) is 0 Å². The number of nitrogens with zero attached hydrogens (tertiary/aromatic N) is 3. The number of aromatic nitrogens is 2. The third-order valence-corrected chi connectivity index (χ3v) is 5.18. The van der Waals surface area contributed by atoms with E-state index in [4.69, 9.17) is 9.84 Å². The fraction of sp³-hybridized carbons (Fsp3) is 0.526. The van der Waals surface area contributed by atoms with Crippen LogP contribution in [0.25, 0.3) is 5.69 Å². The molecule has 2 aliphatic rings. The zero-order chi connectivity index (χ0) is 16.5. The van der Waals surface area contributed by atoms with Crippen LogP contribution in [0.3, 0.4) is 0 Å². The van der Waals surface area contributed by atoms with E-state index >= 15 is 0 Å². The topological polar surface area (TPSA) is 42.3 Å².